The number of hydrogen-bond donors (Lipinski definition) is 0. The largest absolute Gasteiger partial charge is 0.476 e. The highest BCUT2D eigenvalue weighted by Gasteiger charge is 2.65. The van der Waals surface area contributed by atoms with Crippen LogP contribution in [0.1, 0.15) is 53.3 Å². The van der Waals surface area contributed by atoms with E-state index in [1.165, 1.54) is 6.33 Å². The number of aromatic nitrogens is 4. The van der Waals surface area contributed by atoms with Crippen LogP contribution in [0.15, 0.2) is 43.0 Å². The monoisotopic (exact) mass is 598 g/mol. The van der Waals surface area contributed by atoms with Crippen molar-refractivity contribution in [1.82, 2.24) is 19.5 Å². The molecule has 2 aliphatic rings. The SMILES string of the molecule is CC(C)(C)[Si]1(C(C)(C)C)OC[C@H]2O[C@@H](n3cnc4c(OCC[Si](C)(C)C)ncnc43)[C@@H](OCc3ccccc3)[C@@H]2O1. The lowest BCUT2D eigenvalue weighted by atomic mass is 10.1. The van der Waals surface area contributed by atoms with Gasteiger partial charge in [0.1, 0.15) is 24.6 Å². The van der Waals surface area contributed by atoms with Gasteiger partial charge >= 0.3 is 8.56 Å². The molecule has 0 saturated carbocycles. The number of rotatable bonds is 8. The van der Waals surface area contributed by atoms with E-state index in [4.69, 9.17) is 23.1 Å². The molecule has 2 saturated heterocycles. The van der Waals surface area contributed by atoms with Gasteiger partial charge in [-0.2, -0.15) is 4.98 Å². The molecule has 0 radical (unpaired) electrons. The van der Waals surface area contributed by atoms with Gasteiger partial charge in [-0.15, -0.1) is 0 Å². The van der Waals surface area contributed by atoms with Crippen LogP contribution in [0, 0.1) is 0 Å². The lowest BCUT2D eigenvalue weighted by Crippen LogP contribution is -2.65. The molecule has 9 nitrogen and oxygen atoms in total. The van der Waals surface area contributed by atoms with Crippen LogP contribution in [0.5, 0.6) is 5.88 Å². The van der Waals surface area contributed by atoms with Gasteiger partial charge in [0, 0.05) is 18.2 Å². The summed E-state index contributed by atoms with van der Waals surface area (Å²) in [5, 5.41) is -0.315. The Morgan fingerprint density at radius 3 is 2.37 bits per heavy atom. The molecular formula is C30H46N4O5Si2. The van der Waals surface area contributed by atoms with E-state index >= 15 is 0 Å². The molecule has 0 amide bonds. The molecule has 5 rings (SSSR count). The van der Waals surface area contributed by atoms with Crippen LogP contribution >= 0.6 is 0 Å². The van der Waals surface area contributed by atoms with Crippen LogP contribution in [0.2, 0.25) is 35.8 Å². The fourth-order valence-corrected chi connectivity index (χ4v) is 11.7. The molecule has 41 heavy (non-hydrogen) atoms. The third-order valence-corrected chi connectivity index (χ3v) is 14.8. The Labute approximate surface area is 246 Å². The van der Waals surface area contributed by atoms with Gasteiger partial charge in [0.25, 0.3) is 0 Å². The van der Waals surface area contributed by atoms with Crippen molar-refractivity contribution in [2.45, 2.75) is 108 Å². The number of nitrogens with zero attached hydrogens (tertiary/aromatic N) is 4. The van der Waals surface area contributed by atoms with Gasteiger partial charge in [0.15, 0.2) is 17.4 Å². The highest BCUT2D eigenvalue weighted by molar-refractivity contribution is 6.76. The van der Waals surface area contributed by atoms with Gasteiger partial charge < -0.3 is 23.1 Å². The Bertz CT molecular complexity index is 1320. The molecule has 2 fully saturated rings. The number of benzene rings is 1. The molecule has 2 aromatic heterocycles. The van der Waals surface area contributed by atoms with Crippen LogP contribution < -0.4 is 4.74 Å². The average molecular weight is 599 g/mol. The summed E-state index contributed by atoms with van der Waals surface area (Å²) in [4.78, 5) is 13.7. The first-order valence-corrected chi connectivity index (χ1v) is 20.2. The molecule has 1 aromatic carbocycles. The average Bonchev–Trinajstić information content (AvgIpc) is 3.47. The second-order valence-corrected chi connectivity index (χ2v) is 24.9. The van der Waals surface area contributed by atoms with E-state index < -0.39 is 29.0 Å². The van der Waals surface area contributed by atoms with Crippen LogP contribution in [-0.2, 0) is 24.9 Å². The Morgan fingerprint density at radius 2 is 1.71 bits per heavy atom. The fraction of sp³-hybridized carbons (Fsp3) is 0.633. The van der Waals surface area contributed by atoms with Crippen LogP contribution in [0.25, 0.3) is 11.2 Å². The van der Waals surface area contributed by atoms with Gasteiger partial charge in [0.05, 0.1) is 26.1 Å². The van der Waals surface area contributed by atoms with Gasteiger partial charge in [-0.25, -0.2) is 9.97 Å². The number of ether oxygens (including phenoxy) is 3. The molecule has 11 heteroatoms. The minimum Gasteiger partial charge on any atom is -0.476 e. The summed E-state index contributed by atoms with van der Waals surface area (Å²) in [6.07, 6.45) is 1.81. The molecule has 0 bridgehead atoms. The summed E-state index contributed by atoms with van der Waals surface area (Å²) in [5.74, 6) is 0.496. The second-order valence-electron chi connectivity index (χ2n) is 14.5. The Hall–Kier alpha value is -2.16. The van der Waals surface area contributed by atoms with Crippen molar-refractivity contribution in [3.05, 3.63) is 48.5 Å². The van der Waals surface area contributed by atoms with Gasteiger partial charge in [0.2, 0.25) is 5.88 Å². The summed E-state index contributed by atoms with van der Waals surface area (Å²) in [6, 6.07) is 11.2. The van der Waals surface area contributed by atoms with E-state index in [9.17, 15) is 0 Å². The molecular weight excluding hydrogens is 553 g/mol. The van der Waals surface area contributed by atoms with Crippen molar-refractivity contribution in [2.75, 3.05) is 13.2 Å². The topological polar surface area (TPSA) is 89.8 Å². The molecule has 4 heterocycles. The maximum absolute atomic E-state index is 7.16. The number of hydrogen-bond acceptors (Lipinski definition) is 8. The first-order chi connectivity index (χ1) is 19.2. The summed E-state index contributed by atoms with van der Waals surface area (Å²) in [7, 11) is -4.01. The van der Waals surface area contributed by atoms with Gasteiger partial charge in [-0.05, 0) is 11.6 Å². The highest BCUT2D eigenvalue weighted by Crippen LogP contribution is 2.56. The van der Waals surface area contributed by atoms with Crippen LogP contribution in [-0.4, -0.2) is 67.7 Å². The first-order valence-electron chi connectivity index (χ1n) is 14.6. The van der Waals surface area contributed by atoms with E-state index in [-0.39, 0.29) is 22.3 Å². The summed E-state index contributed by atoms with van der Waals surface area (Å²) < 4.78 is 35.3. The maximum Gasteiger partial charge on any atom is 0.349 e. The van der Waals surface area contributed by atoms with Crippen molar-refractivity contribution in [3.8, 4) is 5.88 Å². The van der Waals surface area contributed by atoms with E-state index in [0.717, 1.165) is 11.6 Å². The smallest absolute Gasteiger partial charge is 0.349 e. The molecule has 0 N–H and O–H groups in total. The predicted molar refractivity (Wildman–Crippen MR) is 164 cm³/mol. The zero-order chi connectivity index (χ0) is 29.6. The van der Waals surface area contributed by atoms with Crippen molar-refractivity contribution >= 4 is 27.8 Å². The van der Waals surface area contributed by atoms with Crippen LogP contribution in [0.3, 0.4) is 0 Å². The first kappa shape index (κ1) is 30.3. The van der Waals surface area contributed by atoms with Crippen molar-refractivity contribution in [2.24, 2.45) is 0 Å². The van der Waals surface area contributed by atoms with Gasteiger partial charge in [-0.1, -0.05) is 91.5 Å². The molecule has 3 aromatic rings. The van der Waals surface area contributed by atoms with Gasteiger partial charge in [-0.3, -0.25) is 4.57 Å². The molecule has 0 unspecified atom stereocenters. The molecule has 2 aliphatic heterocycles. The Balaban J connectivity index is 1.49. The normalized spacial score (nSPS) is 24.9. The molecule has 224 valence electrons. The second kappa shape index (κ2) is 11.2. The Morgan fingerprint density at radius 1 is 1.00 bits per heavy atom. The minimum absolute atomic E-state index is 0.157. The molecule has 4 atom stereocenters. The summed E-state index contributed by atoms with van der Waals surface area (Å²) in [6.45, 7) is 21.8. The van der Waals surface area contributed by atoms with Crippen molar-refractivity contribution in [1.29, 1.82) is 0 Å². The third kappa shape index (κ3) is 6.02. The number of imidazole rings is 1. The van der Waals surface area contributed by atoms with E-state index in [0.29, 0.717) is 36.9 Å². The Kier molecular flexibility index (Phi) is 8.25. The fourth-order valence-electron chi connectivity index (χ4n) is 6.07. The quantitative estimate of drug-likeness (QED) is 0.272. The summed E-state index contributed by atoms with van der Waals surface area (Å²) in [5.41, 5.74) is 2.36. The lowest BCUT2D eigenvalue weighted by molar-refractivity contribution is -0.0807. The van der Waals surface area contributed by atoms with Crippen LogP contribution in [0.4, 0.5) is 0 Å². The van der Waals surface area contributed by atoms with E-state index in [1.54, 1.807) is 6.33 Å². The van der Waals surface area contributed by atoms with Crippen molar-refractivity contribution < 1.29 is 23.1 Å². The zero-order valence-electron chi connectivity index (χ0n) is 26.0. The maximum atomic E-state index is 7.16. The van der Waals surface area contributed by atoms with E-state index in [1.807, 2.05) is 22.8 Å². The molecule has 0 spiro atoms. The standard InChI is InChI=1S/C30H46N4O5Si2/c1-29(2,3)41(30(4,5)6)37-18-22-24(39-41)25(36-17-21-13-11-10-12-14-21)28(38-22)34-20-33-23-26(34)31-19-32-27(23)35-15-16-40(7,8)9/h10-14,19-20,22,24-25,28H,15-18H2,1-9H3/t22-,24-,25+,28-/m1/s1. The highest BCUT2D eigenvalue weighted by atomic mass is 28.4. The zero-order valence-corrected chi connectivity index (χ0v) is 28.0. The van der Waals surface area contributed by atoms with E-state index in [2.05, 4.69) is 88.3 Å². The summed E-state index contributed by atoms with van der Waals surface area (Å²) >= 11 is 0. The lowest BCUT2D eigenvalue weighted by Gasteiger charge is -2.53. The molecule has 0 aliphatic carbocycles. The number of fused-ring (bicyclic) bond motifs is 2. The minimum atomic E-state index is -2.76. The van der Waals surface area contributed by atoms with Crippen molar-refractivity contribution in [3.63, 3.8) is 0 Å². The third-order valence-electron chi connectivity index (χ3n) is 7.99. The predicted octanol–water partition coefficient (Wildman–Crippen LogP) is 6.48.